The van der Waals surface area contributed by atoms with Crippen molar-refractivity contribution < 1.29 is 4.79 Å². The Morgan fingerprint density at radius 1 is 1.38 bits per heavy atom. The number of rotatable bonds is 3. The lowest BCUT2D eigenvalue weighted by Gasteiger charge is -2.15. The number of aryl methyl sites for hydroxylation is 2. The van der Waals surface area contributed by atoms with Crippen LogP contribution in [0.4, 0.5) is 0 Å². The molecule has 2 aromatic rings. The summed E-state index contributed by atoms with van der Waals surface area (Å²) in [6, 6.07) is 5.91. The fourth-order valence-electron chi connectivity index (χ4n) is 2.55. The zero-order valence-corrected chi connectivity index (χ0v) is 12.6. The summed E-state index contributed by atoms with van der Waals surface area (Å²) in [4.78, 5) is 22.3. The molecule has 21 heavy (non-hydrogen) atoms. The minimum Gasteiger partial charge on any atom is -0.332 e. The Balaban J connectivity index is 1.59. The minimum absolute atomic E-state index is 0.153. The van der Waals surface area contributed by atoms with Crippen LogP contribution in [0.5, 0.6) is 0 Å². The van der Waals surface area contributed by atoms with Crippen LogP contribution >= 0.6 is 11.6 Å². The van der Waals surface area contributed by atoms with E-state index < -0.39 is 0 Å². The normalized spacial score (nSPS) is 13.3. The van der Waals surface area contributed by atoms with Gasteiger partial charge < -0.3 is 4.90 Å². The molecule has 3 rings (SSSR count). The summed E-state index contributed by atoms with van der Waals surface area (Å²) < 4.78 is 0. The molecule has 0 spiro atoms. The first kappa shape index (κ1) is 14.0. The summed E-state index contributed by atoms with van der Waals surface area (Å²) in [7, 11) is 0. The lowest BCUT2D eigenvalue weighted by Crippen LogP contribution is -2.25. The van der Waals surface area contributed by atoms with E-state index >= 15 is 0 Å². The molecule has 0 radical (unpaired) electrons. The third-order valence-electron chi connectivity index (χ3n) is 3.79. The van der Waals surface area contributed by atoms with Gasteiger partial charge in [0.1, 0.15) is 6.33 Å². The molecule has 108 valence electrons. The van der Waals surface area contributed by atoms with Crippen LogP contribution in [0, 0.1) is 6.92 Å². The van der Waals surface area contributed by atoms with Crippen LogP contribution in [-0.2, 0) is 24.3 Å². The number of hydrogen-bond acceptors (Lipinski definition) is 3. The second-order valence-corrected chi connectivity index (χ2v) is 5.74. The number of halogens is 1. The van der Waals surface area contributed by atoms with Gasteiger partial charge in [-0.25, -0.2) is 9.97 Å². The molecule has 1 amide bonds. The van der Waals surface area contributed by atoms with E-state index in [9.17, 15) is 4.79 Å². The van der Waals surface area contributed by atoms with E-state index in [0.29, 0.717) is 19.5 Å². The standard InChI is InChI=1S/C16H16ClN3O/c1-11-6-12(2-4-14(11)17)3-5-16(21)20-8-13-7-18-10-19-15(13)9-20/h2,4,6-7,10H,3,5,8-9H2,1H3. The third-order valence-corrected chi connectivity index (χ3v) is 4.21. The molecule has 1 aromatic carbocycles. The quantitative estimate of drug-likeness (QED) is 0.875. The Labute approximate surface area is 128 Å². The Hall–Kier alpha value is -1.94. The highest BCUT2D eigenvalue weighted by Crippen LogP contribution is 2.21. The zero-order chi connectivity index (χ0) is 14.8. The molecule has 4 nitrogen and oxygen atoms in total. The topological polar surface area (TPSA) is 46.1 Å². The van der Waals surface area contributed by atoms with Crippen LogP contribution in [-0.4, -0.2) is 20.8 Å². The van der Waals surface area contributed by atoms with Crippen molar-refractivity contribution in [1.82, 2.24) is 14.9 Å². The maximum atomic E-state index is 12.3. The smallest absolute Gasteiger partial charge is 0.223 e. The number of carbonyl (C=O) groups is 1. The fourth-order valence-corrected chi connectivity index (χ4v) is 2.67. The molecule has 1 aromatic heterocycles. The van der Waals surface area contributed by atoms with Gasteiger partial charge in [0, 0.05) is 29.7 Å². The van der Waals surface area contributed by atoms with E-state index in [4.69, 9.17) is 11.6 Å². The second kappa shape index (κ2) is 5.82. The van der Waals surface area contributed by atoms with E-state index in [1.807, 2.05) is 30.0 Å². The van der Waals surface area contributed by atoms with Gasteiger partial charge in [0.2, 0.25) is 5.91 Å². The number of carbonyl (C=O) groups excluding carboxylic acids is 1. The summed E-state index contributed by atoms with van der Waals surface area (Å²) in [6.07, 6.45) is 4.55. The van der Waals surface area contributed by atoms with Crippen LogP contribution in [0.15, 0.2) is 30.7 Å². The summed E-state index contributed by atoms with van der Waals surface area (Å²) >= 11 is 6.01. The highest BCUT2D eigenvalue weighted by molar-refractivity contribution is 6.31. The van der Waals surface area contributed by atoms with Crippen LogP contribution in [0.2, 0.25) is 5.02 Å². The van der Waals surface area contributed by atoms with Crippen molar-refractivity contribution in [2.75, 3.05) is 0 Å². The Kier molecular flexibility index (Phi) is 3.88. The first-order chi connectivity index (χ1) is 10.1. The SMILES string of the molecule is Cc1cc(CCC(=O)N2Cc3cncnc3C2)ccc1Cl. The van der Waals surface area contributed by atoms with Gasteiger partial charge in [-0.2, -0.15) is 0 Å². The summed E-state index contributed by atoms with van der Waals surface area (Å²) in [5.74, 6) is 0.153. The van der Waals surface area contributed by atoms with Gasteiger partial charge >= 0.3 is 0 Å². The molecule has 0 fully saturated rings. The Bertz CT molecular complexity index is 662. The number of benzene rings is 1. The number of nitrogens with zero attached hydrogens (tertiary/aromatic N) is 3. The number of aromatic nitrogens is 2. The maximum absolute atomic E-state index is 12.3. The molecule has 2 heterocycles. The molecule has 0 unspecified atom stereocenters. The van der Waals surface area contributed by atoms with Gasteiger partial charge in [-0.1, -0.05) is 23.7 Å². The molecule has 5 heteroatoms. The zero-order valence-electron chi connectivity index (χ0n) is 11.8. The predicted molar refractivity (Wildman–Crippen MR) is 80.8 cm³/mol. The van der Waals surface area contributed by atoms with Gasteiger partial charge in [0.05, 0.1) is 12.2 Å². The van der Waals surface area contributed by atoms with Crippen molar-refractivity contribution in [2.45, 2.75) is 32.9 Å². The minimum atomic E-state index is 0.153. The average Bonchev–Trinajstić information content (AvgIpc) is 2.92. The monoisotopic (exact) mass is 301 g/mol. The van der Waals surface area contributed by atoms with Crippen LogP contribution in [0.25, 0.3) is 0 Å². The molecule has 0 aliphatic carbocycles. The fraction of sp³-hybridized carbons (Fsp3) is 0.312. The molecule has 0 atom stereocenters. The molecule has 0 saturated heterocycles. The first-order valence-corrected chi connectivity index (χ1v) is 7.32. The second-order valence-electron chi connectivity index (χ2n) is 5.33. The van der Waals surface area contributed by atoms with Gasteiger partial charge in [0.25, 0.3) is 0 Å². The molecule has 0 N–H and O–H groups in total. The van der Waals surface area contributed by atoms with Crippen LogP contribution < -0.4 is 0 Å². The van der Waals surface area contributed by atoms with Crippen molar-refractivity contribution in [3.8, 4) is 0 Å². The number of hydrogen-bond donors (Lipinski definition) is 0. The Morgan fingerprint density at radius 2 is 2.24 bits per heavy atom. The molecular formula is C16H16ClN3O. The van der Waals surface area contributed by atoms with E-state index in [2.05, 4.69) is 9.97 Å². The number of amides is 1. The highest BCUT2D eigenvalue weighted by atomic mass is 35.5. The van der Waals surface area contributed by atoms with E-state index in [1.54, 1.807) is 6.20 Å². The number of fused-ring (bicyclic) bond motifs is 1. The van der Waals surface area contributed by atoms with Gasteiger partial charge in [0.15, 0.2) is 0 Å². The lowest BCUT2D eigenvalue weighted by molar-refractivity contribution is -0.131. The molecule has 0 bridgehead atoms. The van der Waals surface area contributed by atoms with Crippen LogP contribution in [0.1, 0.15) is 28.8 Å². The summed E-state index contributed by atoms with van der Waals surface area (Å²) in [5.41, 5.74) is 4.20. The maximum Gasteiger partial charge on any atom is 0.223 e. The lowest BCUT2D eigenvalue weighted by atomic mass is 10.1. The molecular weight excluding hydrogens is 286 g/mol. The predicted octanol–water partition coefficient (Wildman–Crippen LogP) is 2.91. The first-order valence-electron chi connectivity index (χ1n) is 6.94. The van der Waals surface area contributed by atoms with Crippen molar-refractivity contribution >= 4 is 17.5 Å². The summed E-state index contributed by atoms with van der Waals surface area (Å²) in [6.45, 7) is 3.19. The average molecular weight is 302 g/mol. The van der Waals surface area contributed by atoms with Crippen molar-refractivity contribution in [2.24, 2.45) is 0 Å². The van der Waals surface area contributed by atoms with Gasteiger partial charge in [-0.3, -0.25) is 4.79 Å². The van der Waals surface area contributed by atoms with E-state index in [0.717, 1.165) is 33.8 Å². The molecule has 0 saturated carbocycles. The molecule has 1 aliphatic heterocycles. The molecule has 1 aliphatic rings. The van der Waals surface area contributed by atoms with Crippen molar-refractivity contribution in [3.05, 3.63) is 58.1 Å². The van der Waals surface area contributed by atoms with Gasteiger partial charge in [-0.15, -0.1) is 0 Å². The van der Waals surface area contributed by atoms with Crippen molar-refractivity contribution in [3.63, 3.8) is 0 Å². The highest BCUT2D eigenvalue weighted by Gasteiger charge is 2.23. The van der Waals surface area contributed by atoms with Crippen LogP contribution in [0.3, 0.4) is 0 Å². The third kappa shape index (κ3) is 3.05. The Morgan fingerprint density at radius 3 is 3.00 bits per heavy atom. The van der Waals surface area contributed by atoms with Gasteiger partial charge in [-0.05, 0) is 30.5 Å². The van der Waals surface area contributed by atoms with E-state index in [1.165, 1.54) is 6.33 Å². The largest absolute Gasteiger partial charge is 0.332 e. The summed E-state index contributed by atoms with van der Waals surface area (Å²) in [5, 5.41) is 0.763. The van der Waals surface area contributed by atoms with E-state index in [-0.39, 0.29) is 5.91 Å². The van der Waals surface area contributed by atoms with Crippen molar-refractivity contribution in [1.29, 1.82) is 0 Å².